The standard InChI is InChI=1S/C13H13N5O/c1-18-6-5-15-12(18)3-7-19-13-16-9-10-8-14-4-2-11(10)17-13/h2,4-6,8-9H,3,7H2,1H3. The first-order chi connectivity index (χ1) is 9.33. The van der Waals surface area contributed by atoms with Gasteiger partial charge in [-0.25, -0.2) is 9.97 Å². The Kier molecular flexibility index (Phi) is 3.06. The smallest absolute Gasteiger partial charge is 0.316 e. The van der Waals surface area contributed by atoms with Crippen LogP contribution in [0.25, 0.3) is 10.9 Å². The second-order valence-corrected chi connectivity index (χ2v) is 4.14. The molecule has 0 unspecified atom stereocenters. The molecule has 3 rings (SSSR count). The Morgan fingerprint density at radius 2 is 2.16 bits per heavy atom. The predicted octanol–water partition coefficient (Wildman–Crippen LogP) is 1.38. The molecule has 3 aromatic rings. The van der Waals surface area contributed by atoms with Gasteiger partial charge in [0.15, 0.2) is 0 Å². The monoisotopic (exact) mass is 255 g/mol. The molecule has 6 heteroatoms. The summed E-state index contributed by atoms with van der Waals surface area (Å²) in [6.45, 7) is 0.501. The molecule has 6 nitrogen and oxygen atoms in total. The van der Waals surface area contributed by atoms with Crippen molar-refractivity contribution in [1.82, 2.24) is 24.5 Å². The van der Waals surface area contributed by atoms with Crippen molar-refractivity contribution in [2.24, 2.45) is 7.05 Å². The van der Waals surface area contributed by atoms with E-state index in [9.17, 15) is 0 Å². The molecule has 0 saturated carbocycles. The molecular formula is C13H13N5O. The Hall–Kier alpha value is -2.50. The second kappa shape index (κ2) is 5.01. The van der Waals surface area contributed by atoms with Crippen LogP contribution in [0, 0.1) is 0 Å². The van der Waals surface area contributed by atoms with Gasteiger partial charge in [0.1, 0.15) is 5.82 Å². The summed E-state index contributed by atoms with van der Waals surface area (Å²) >= 11 is 0. The van der Waals surface area contributed by atoms with E-state index in [1.165, 1.54) is 0 Å². The van der Waals surface area contributed by atoms with Gasteiger partial charge in [-0.2, -0.15) is 4.98 Å². The Morgan fingerprint density at radius 1 is 1.21 bits per heavy atom. The van der Waals surface area contributed by atoms with Gasteiger partial charge in [-0.3, -0.25) is 4.98 Å². The predicted molar refractivity (Wildman–Crippen MR) is 69.7 cm³/mol. The third kappa shape index (κ3) is 2.52. The second-order valence-electron chi connectivity index (χ2n) is 4.14. The van der Waals surface area contributed by atoms with Gasteiger partial charge in [0.05, 0.1) is 12.1 Å². The van der Waals surface area contributed by atoms with Crippen LogP contribution >= 0.6 is 0 Å². The van der Waals surface area contributed by atoms with Crippen molar-refractivity contribution in [3.63, 3.8) is 0 Å². The maximum atomic E-state index is 5.55. The molecule has 19 heavy (non-hydrogen) atoms. The van der Waals surface area contributed by atoms with Crippen molar-refractivity contribution in [3.8, 4) is 6.01 Å². The molecule has 0 spiro atoms. The van der Waals surface area contributed by atoms with E-state index in [0.717, 1.165) is 23.1 Å². The molecule has 96 valence electrons. The highest BCUT2D eigenvalue weighted by molar-refractivity contribution is 5.76. The van der Waals surface area contributed by atoms with E-state index in [2.05, 4.69) is 19.9 Å². The normalized spacial score (nSPS) is 10.8. The SMILES string of the molecule is Cn1ccnc1CCOc1ncc2cnccc2n1. The Labute approximate surface area is 110 Å². The van der Waals surface area contributed by atoms with Gasteiger partial charge in [-0.05, 0) is 6.07 Å². The molecule has 0 fully saturated rings. The lowest BCUT2D eigenvalue weighted by molar-refractivity contribution is 0.294. The van der Waals surface area contributed by atoms with Gasteiger partial charge in [0, 0.05) is 49.8 Å². The molecule has 0 aliphatic rings. The molecule has 0 aromatic carbocycles. The summed E-state index contributed by atoms with van der Waals surface area (Å²) in [4.78, 5) is 16.7. The zero-order valence-electron chi connectivity index (χ0n) is 10.5. The van der Waals surface area contributed by atoms with E-state index in [1.807, 2.05) is 23.9 Å². The first kappa shape index (κ1) is 11.6. The third-order valence-corrected chi connectivity index (χ3v) is 2.84. The summed E-state index contributed by atoms with van der Waals surface area (Å²) in [7, 11) is 1.96. The highest BCUT2D eigenvalue weighted by atomic mass is 16.5. The quantitative estimate of drug-likeness (QED) is 0.704. The Balaban J connectivity index is 1.67. The number of aromatic nitrogens is 5. The Bertz CT molecular complexity index is 694. The van der Waals surface area contributed by atoms with E-state index in [0.29, 0.717) is 12.6 Å². The molecule has 0 amide bonds. The van der Waals surface area contributed by atoms with Crippen LogP contribution in [-0.2, 0) is 13.5 Å². The van der Waals surface area contributed by atoms with Gasteiger partial charge in [-0.15, -0.1) is 0 Å². The van der Waals surface area contributed by atoms with Crippen molar-refractivity contribution in [2.45, 2.75) is 6.42 Å². The lowest BCUT2D eigenvalue weighted by Gasteiger charge is -2.05. The van der Waals surface area contributed by atoms with Crippen molar-refractivity contribution in [2.75, 3.05) is 6.61 Å². The average molecular weight is 255 g/mol. The van der Waals surface area contributed by atoms with Gasteiger partial charge >= 0.3 is 6.01 Å². The van der Waals surface area contributed by atoms with Crippen molar-refractivity contribution < 1.29 is 4.74 Å². The van der Waals surface area contributed by atoms with Crippen LogP contribution in [0.4, 0.5) is 0 Å². The fourth-order valence-electron chi connectivity index (χ4n) is 1.80. The molecule has 0 aliphatic carbocycles. The van der Waals surface area contributed by atoms with E-state index >= 15 is 0 Å². The number of nitrogens with zero attached hydrogens (tertiary/aromatic N) is 5. The largest absolute Gasteiger partial charge is 0.463 e. The maximum absolute atomic E-state index is 5.55. The summed E-state index contributed by atoms with van der Waals surface area (Å²) < 4.78 is 7.51. The lowest BCUT2D eigenvalue weighted by Crippen LogP contribution is -2.07. The molecule has 3 aromatic heterocycles. The lowest BCUT2D eigenvalue weighted by atomic mass is 10.3. The fourth-order valence-corrected chi connectivity index (χ4v) is 1.80. The Morgan fingerprint density at radius 3 is 3.00 bits per heavy atom. The first-order valence-electron chi connectivity index (χ1n) is 5.99. The van der Waals surface area contributed by atoms with Crippen molar-refractivity contribution >= 4 is 10.9 Å². The number of ether oxygens (including phenoxy) is 1. The van der Waals surface area contributed by atoms with Crippen LogP contribution in [0.15, 0.2) is 37.1 Å². The number of imidazole rings is 1. The minimum Gasteiger partial charge on any atom is -0.463 e. The zero-order chi connectivity index (χ0) is 13.1. The number of hydrogen-bond acceptors (Lipinski definition) is 5. The minimum atomic E-state index is 0.382. The zero-order valence-corrected chi connectivity index (χ0v) is 10.5. The van der Waals surface area contributed by atoms with E-state index in [-0.39, 0.29) is 0 Å². The highest BCUT2D eigenvalue weighted by Crippen LogP contribution is 2.11. The molecule has 0 aliphatic heterocycles. The van der Waals surface area contributed by atoms with E-state index < -0.39 is 0 Å². The van der Waals surface area contributed by atoms with Crippen LogP contribution in [0.2, 0.25) is 0 Å². The van der Waals surface area contributed by atoms with Gasteiger partial charge in [0.2, 0.25) is 0 Å². The van der Waals surface area contributed by atoms with Crippen LogP contribution in [0.5, 0.6) is 6.01 Å². The van der Waals surface area contributed by atoms with Crippen molar-refractivity contribution in [3.05, 3.63) is 42.9 Å². The summed E-state index contributed by atoms with van der Waals surface area (Å²) in [5, 5.41) is 0.902. The fraction of sp³-hybridized carbons (Fsp3) is 0.231. The van der Waals surface area contributed by atoms with Gasteiger partial charge < -0.3 is 9.30 Å². The minimum absolute atomic E-state index is 0.382. The molecule has 3 heterocycles. The van der Waals surface area contributed by atoms with Gasteiger partial charge in [-0.1, -0.05) is 0 Å². The van der Waals surface area contributed by atoms with Crippen LogP contribution < -0.4 is 4.74 Å². The molecule has 0 saturated heterocycles. The number of fused-ring (bicyclic) bond motifs is 1. The number of pyridine rings is 1. The topological polar surface area (TPSA) is 65.7 Å². The third-order valence-electron chi connectivity index (χ3n) is 2.84. The average Bonchev–Trinajstić information content (AvgIpc) is 2.84. The number of rotatable bonds is 4. The van der Waals surface area contributed by atoms with Crippen molar-refractivity contribution in [1.29, 1.82) is 0 Å². The molecule has 0 N–H and O–H groups in total. The summed E-state index contributed by atoms with van der Waals surface area (Å²) in [6.07, 6.45) is 9.55. The molecule has 0 radical (unpaired) electrons. The molecule has 0 atom stereocenters. The first-order valence-corrected chi connectivity index (χ1v) is 5.99. The van der Waals surface area contributed by atoms with Crippen LogP contribution in [-0.4, -0.2) is 31.1 Å². The summed E-state index contributed by atoms with van der Waals surface area (Å²) in [5.41, 5.74) is 0.831. The number of aryl methyl sites for hydroxylation is 1. The highest BCUT2D eigenvalue weighted by Gasteiger charge is 2.03. The van der Waals surface area contributed by atoms with Crippen LogP contribution in [0.1, 0.15) is 5.82 Å². The van der Waals surface area contributed by atoms with Gasteiger partial charge in [0.25, 0.3) is 0 Å². The van der Waals surface area contributed by atoms with Crippen LogP contribution in [0.3, 0.4) is 0 Å². The molecular weight excluding hydrogens is 242 g/mol. The molecule has 0 bridgehead atoms. The van der Waals surface area contributed by atoms with E-state index in [1.54, 1.807) is 24.8 Å². The van der Waals surface area contributed by atoms with E-state index in [4.69, 9.17) is 4.74 Å². The summed E-state index contributed by atoms with van der Waals surface area (Å²) in [6, 6.07) is 2.22. The number of hydrogen-bond donors (Lipinski definition) is 0. The maximum Gasteiger partial charge on any atom is 0.316 e. The summed E-state index contributed by atoms with van der Waals surface area (Å²) in [5.74, 6) is 0.977.